The highest BCUT2D eigenvalue weighted by Gasteiger charge is 1.98. The first kappa shape index (κ1) is 12.5. The Labute approximate surface area is 107 Å². The molecule has 0 heterocycles. The molecule has 0 aromatic heterocycles. The second kappa shape index (κ2) is 6.07. The number of methoxy groups -OCH3 is 1. The Bertz CT molecular complexity index is 511. The Balaban J connectivity index is 1.88. The molecule has 0 aliphatic carbocycles. The van der Waals surface area contributed by atoms with Gasteiger partial charge < -0.3 is 15.2 Å². The van der Waals surface area contributed by atoms with Crippen LogP contribution in [0.2, 0.25) is 0 Å². The van der Waals surface area contributed by atoms with E-state index >= 15 is 0 Å². The maximum Gasteiger partial charge on any atom is 0.119 e. The number of nitrogen functional groups attached to an aromatic ring is 1. The van der Waals surface area contributed by atoms with Crippen molar-refractivity contribution >= 4 is 5.69 Å². The van der Waals surface area contributed by atoms with Crippen LogP contribution in [0.3, 0.4) is 0 Å². The maximum atomic E-state index is 5.71. The molecule has 2 aromatic rings. The smallest absolute Gasteiger partial charge is 0.119 e. The lowest BCUT2D eigenvalue weighted by atomic mass is 10.2. The fourth-order valence-corrected chi connectivity index (χ4v) is 1.73. The predicted octanol–water partition coefficient (Wildman–Crippen LogP) is 2.99. The minimum Gasteiger partial charge on any atom is -0.497 e. The Morgan fingerprint density at radius 1 is 0.944 bits per heavy atom. The Morgan fingerprint density at radius 2 is 1.61 bits per heavy atom. The second-order valence-corrected chi connectivity index (χ2v) is 4.09. The van der Waals surface area contributed by atoms with Gasteiger partial charge in [-0.05, 0) is 35.4 Å². The molecule has 0 radical (unpaired) electrons. The summed E-state index contributed by atoms with van der Waals surface area (Å²) in [4.78, 5) is 0. The number of rotatable bonds is 5. The number of hydrogen-bond acceptors (Lipinski definition) is 3. The van der Waals surface area contributed by atoms with Crippen LogP contribution in [0.5, 0.6) is 5.75 Å². The van der Waals surface area contributed by atoms with Crippen LogP contribution in [0.4, 0.5) is 5.69 Å². The first-order valence-electron chi connectivity index (χ1n) is 5.83. The molecule has 0 saturated carbocycles. The van der Waals surface area contributed by atoms with Crippen molar-refractivity contribution in [3.63, 3.8) is 0 Å². The van der Waals surface area contributed by atoms with Gasteiger partial charge in [0, 0.05) is 5.69 Å². The van der Waals surface area contributed by atoms with Crippen molar-refractivity contribution in [1.82, 2.24) is 0 Å². The van der Waals surface area contributed by atoms with Gasteiger partial charge in [-0.25, -0.2) is 0 Å². The predicted molar refractivity (Wildman–Crippen MR) is 72.3 cm³/mol. The lowest BCUT2D eigenvalue weighted by Gasteiger charge is -2.06. The standard InChI is InChI=1S/C15H17NO2/c1-17-15-7-3-5-13(9-15)11-18-10-12-4-2-6-14(16)8-12/h2-9H,10-11,16H2,1H3. The topological polar surface area (TPSA) is 44.5 Å². The van der Waals surface area contributed by atoms with Crippen molar-refractivity contribution < 1.29 is 9.47 Å². The summed E-state index contributed by atoms with van der Waals surface area (Å²) in [6.07, 6.45) is 0. The van der Waals surface area contributed by atoms with Gasteiger partial charge in [0.05, 0.1) is 20.3 Å². The molecule has 3 nitrogen and oxygen atoms in total. The quantitative estimate of drug-likeness (QED) is 0.821. The number of nitrogens with two attached hydrogens (primary N) is 1. The van der Waals surface area contributed by atoms with Gasteiger partial charge in [-0.1, -0.05) is 24.3 Å². The van der Waals surface area contributed by atoms with Gasteiger partial charge in [0.15, 0.2) is 0 Å². The molecule has 2 aromatic carbocycles. The average molecular weight is 243 g/mol. The Hall–Kier alpha value is -2.00. The molecular formula is C15H17NO2. The minimum atomic E-state index is 0.558. The third-order valence-corrected chi connectivity index (χ3v) is 2.62. The summed E-state index contributed by atoms with van der Waals surface area (Å²) in [7, 11) is 1.66. The van der Waals surface area contributed by atoms with Gasteiger partial charge in [0.25, 0.3) is 0 Å². The van der Waals surface area contributed by atoms with E-state index < -0.39 is 0 Å². The second-order valence-electron chi connectivity index (χ2n) is 4.09. The third kappa shape index (κ3) is 3.50. The lowest BCUT2D eigenvalue weighted by Crippen LogP contribution is -1.95. The van der Waals surface area contributed by atoms with Gasteiger partial charge >= 0.3 is 0 Å². The number of hydrogen-bond donors (Lipinski definition) is 1. The number of benzene rings is 2. The van der Waals surface area contributed by atoms with Crippen LogP contribution in [0.1, 0.15) is 11.1 Å². The molecule has 0 atom stereocenters. The van der Waals surface area contributed by atoms with Gasteiger partial charge in [0.2, 0.25) is 0 Å². The van der Waals surface area contributed by atoms with Crippen molar-refractivity contribution in [2.24, 2.45) is 0 Å². The Morgan fingerprint density at radius 3 is 2.28 bits per heavy atom. The van der Waals surface area contributed by atoms with Crippen molar-refractivity contribution in [3.8, 4) is 5.75 Å². The van der Waals surface area contributed by atoms with Crippen LogP contribution >= 0.6 is 0 Å². The van der Waals surface area contributed by atoms with E-state index in [-0.39, 0.29) is 0 Å². The van der Waals surface area contributed by atoms with E-state index in [1.54, 1.807) is 7.11 Å². The highest BCUT2D eigenvalue weighted by atomic mass is 16.5. The molecule has 0 amide bonds. The molecular weight excluding hydrogens is 226 g/mol. The lowest BCUT2D eigenvalue weighted by molar-refractivity contribution is 0.107. The van der Waals surface area contributed by atoms with Crippen molar-refractivity contribution in [3.05, 3.63) is 59.7 Å². The van der Waals surface area contributed by atoms with Gasteiger partial charge in [-0.15, -0.1) is 0 Å². The fourth-order valence-electron chi connectivity index (χ4n) is 1.73. The average Bonchev–Trinajstić information content (AvgIpc) is 2.39. The van der Waals surface area contributed by atoms with Gasteiger partial charge in [0.1, 0.15) is 5.75 Å². The zero-order valence-electron chi connectivity index (χ0n) is 10.4. The maximum absolute atomic E-state index is 5.71. The summed E-state index contributed by atoms with van der Waals surface area (Å²) in [5.41, 5.74) is 8.65. The van der Waals surface area contributed by atoms with E-state index in [1.165, 1.54) is 0 Å². The number of anilines is 1. The molecule has 0 bridgehead atoms. The molecule has 0 aliphatic rings. The van der Waals surface area contributed by atoms with Crippen molar-refractivity contribution in [2.45, 2.75) is 13.2 Å². The van der Waals surface area contributed by atoms with E-state index in [0.29, 0.717) is 13.2 Å². The van der Waals surface area contributed by atoms with Gasteiger partial charge in [-0.3, -0.25) is 0 Å². The molecule has 94 valence electrons. The summed E-state index contributed by atoms with van der Waals surface area (Å²) in [6.45, 7) is 1.12. The normalized spacial score (nSPS) is 10.3. The monoisotopic (exact) mass is 243 g/mol. The summed E-state index contributed by atoms with van der Waals surface area (Å²) >= 11 is 0. The molecule has 18 heavy (non-hydrogen) atoms. The zero-order chi connectivity index (χ0) is 12.8. The zero-order valence-corrected chi connectivity index (χ0v) is 10.4. The molecule has 0 saturated heterocycles. The molecule has 2 rings (SSSR count). The van der Waals surface area contributed by atoms with E-state index in [0.717, 1.165) is 22.6 Å². The summed E-state index contributed by atoms with van der Waals surface area (Å²) in [5, 5.41) is 0. The fraction of sp³-hybridized carbons (Fsp3) is 0.200. The van der Waals surface area contributed by atoms with Crippen LogP contribution in [0.25, 0.3) is 0 Å². The summed E-state index contributed by atoms with van der Waals surface area (Å²) in [5.74, 6) is 0.847. The first-order valence-corrected chi connectivity index (χ1v) is 5.83. The van der Waals surface area contributed by atoms with Crippen LogP contribution in [0.15, 0.2) is 48.5 Å². The molecule has 0 aliphatic heterocycles. The molecule has 2 N–H and O–H groups in total. The van der Waals surface area contributed by atoms with E-state index in [1.807, 2.05) is 48.5 Å². The van der Waals surface area contributed by atoms with Crippen LogP contribution < -0.4 is 10.5 Å². The van der Waals surface area contributed by atoms with Crippen LogP contribution in [-0.4, -0.2) is 7.11 Å². The minimum absolute atomic E-state index is 0.558. The molecule has 3 heteroatoms. The SMILES string of the molecule is COc1cccc(COCc2cccc(N)c2)c1. The molecule has 0 fully saturated rings. The highest BCUT2D eigenvalue weighted by molar-refractivity contribution is 5.40. The van der Waals surface area contributed by atoms with Crippen LogP contribution in [-0.2, 0) is 18.0 Å². The molecule has 0 spiro atoms. The molecule has 0 unspecified atom stereocenters. The van der Waals surface area contributed by atoms with E-state index in [4.69, 9.17) is 15.2 Å². The summed E-state index contributed by atoms with van der Waals surface area (Å²) in [6, 6.07) is 15.6. The van der Waals surface area contributed by atoms with Crippen LogP contribution in [0, 0.1) is 0 Å². The number of ether oxygens (including phenoxy) is 2. The third-order valence-electron chi connectivity index (χ3n) is 2.62. The summed E-state index contributed by atoms with van der Waals surface area (Å²) < 4.78 is 10.8. The first-order chi connectivity index (χ1) is 8.78. The van der Waals surface area contributed by atoms with Gasteiger partial charge in [-0.2, -0.15) is 0 Å². The highest BCUT2D eigenvalue weighted by Crippen LogP contribution is 2.14. The van der Waals surface area contributed by atoms with E-state index in [2.05, 4.69) is 0 Å². The largest absolute Gasteiger partial charge is 0.497 e. The van der Waals surface area contributed by atoms with Crippen molar-refractivity contribution in [2.75, 3.05) is 12.8 Å². The van der Waals surface area contributed by atoms with Crippen molar-refractivity contribution in [1.29, 1.82) is 0 Å². The Kier molecular flexibility index (Phi) is 4.20. The van der Waals surface area contributed by atoms with E-state index in [9.17, 15) is 0 Å².